The number of ether oxygens (including phenoxy) is 2. The van der Waals surface area contributed by atoms with E-state index < -0.39 is 12.2 Å². The standard InChI is InChI=1S/C14H16N2O5/c17-12-6-13(18)16-10-5-8(1-2-9(10)15-12)14(19)11-7-20-3-4-21-11/h1-2,5,11,14,19H,3-4,6-7H2,(H,15,17)(H,16,18). The molecule has 1 aromatic carbocycles. The SMILES string of the molecule is O=C1CC(=O)Nc2cc(C(O)C3COCCO3)ccc2N1. The highest BCUT2D eigenvalue weighted by molar-refractivity contribution is 6.13. The van der Waals surface area contributed by atoms with Crippen LogP contribution in [-0.2, 0) is 19.1 Å². The number of anilines is 2. The monoisotopic (exact) mass is 292 g/mol. The predicted molar refractivity (Wildman–Crippen MR) is 73.8 cm³/mol. The van der Waals surface area contributed by atoms with Crippen molar-refractivity contribution in [1.29, 1.82) is 0 Å². The molecule has 0 radical (unpaired) electrons. The maximum absolute atomic E-state index is 11.6. The number of carbonyl (C=O) groups excluding carboxylic acids is 2. The third-order valence-electron chi connectivity index (χ3n) is 3.45. The van der Waals surface area contributed by atoms with Crippen molar-refractivity contribution in [1.82, 2.24) is 0 Å². The Bertz CT molecular complexity index is 568. The molecule has 1 aromatic rings. The van der Waals surface area contributed by atoms with Crippen LogP contribution in [0.3, 0.4) is 0 Å². The van der Waals surface area contributed by atoms with Gasteiger partial charge in [-0.1, -0.05) is 6.07 Å². The fraction of sp³-hybridized carbons (Fsp3) is 0.429. The van der Waals surface area contributed by atoms with Gasteiger partial charge in [0.25, 0.3) is 0 Å². The van der Waals surface area contributed by atoms with Crippen LogP contribution in [0.25, 0.3) is 0 Å². The summed E-state index contributed by atoms with van der Waals surface area (Å²) in [5.74, 6) is -0.737. The van der Waals surface area contributed by atoms with Crippen molar-refractivity contribution in [2.24, 2.45) is 0 Å². The van der Waals surface area contributed by atoms with Gasteiger partial charge in [-0.2, -0.15) is 0 Å². The zero-order valence-electron chi connectivity index (χ0n) is 11.3. The first-order valence-electron chi connectivity index (χ1n) is 6.74. The molecule has 0 saturated carbocycles. The Morgan fingerprint density at radius 2 is 1.90 bits per heavy atom. The van der Waals surface area contributed by atoms with Crippen molar-refractivity contribution in [3.8, 4) is 0 Å². The molecule has 3 rings (SSSR count). The van der Waals surface area contributed by atoms with Crippen LogP contribution in [0.2, 0.25) is 0 Å². The number of aliphatic hydroxyl groups excluding tert-OH is 1. The van der Waals surface area contributed by atoms with E-state index in [9.17, 15) is 14.7 Å². The fourth-order valence-electron chi connectivity index (χ4n) is 2.40. The quantitative estimate of drug-likeness (QED) is 0.686. The minimum atomic E-state index is -0.855. The normalized spacial score (nSPS) is 23.6. The first-order valence-corrected chi connectivity index (χ1v) is 6.74. The molecule has 21 heavy (non-hydrogen) atoms. The number of rotatable bonds is 2. The summed E-state index contributed by atoms with van der Waals surface area (Å²) in [6.45, 7) is 1.29. The third-order valence-corrected chi connectivity index (χ3v) is 3.45. The molecule has 2 atom stereocenters. The van der Waals surface area contributed by atoms with Crippen LogP contribution in [0.4, 0.5) is 11.4 Å². The lowest BCUT2D eigenvalue weighted by atomic mass is 10.0. The molecule has 0 bridgehead atoms. The van der Waals surface area contributed by atoms with Crippen molar-refractivity contribution >= 4 is 23.2 Å². The number of hydrogen-bond acceptors (Lipinski definition) is 5. The molecule has 2 heterocycles. The number of hydrogen-bond donors (Lipinski definition) is 3. The van der Waals surface area contributed by atoms with Crippen LogP contribution < -0.4 is 10.6 Å². The Labute approximate surface area is 121 Å². The average Bonchev–Trinajstić information content (AvgIpc) is 2.63. The van der Waals surface area contributed by atoms with Crippen molar-refractivity contribution in [3.63, 3.8) is 0 Å². The summed E-state index contributed by atoms with van der Waals surface area (Å²) in [6, 6.07) is 4.99. The summed E-state index contributed by atoms with van der Waals surface area (Å²) < 4.78 is 10.7. The molecule has 7 heteroatoms. The molecule has 112 valence electrons. The van der Waals surface area contributed by atoms with Crippen LogP contribution >= 0.6 is 0 Å². The Balaban J connectivity index is 1.84. The molecule has 2 aliphatic rings. The van der Waals surface area contributed by atoms with Gasteiger partial charge in [0.15, 0.2) is 0 Å². The molecule has 0 aliphatic carbocycles. The Morgan fingerprint density at radius 3 is 2.62 bits per heavy atom. The van der Waals surface area contributed by atoms with Crippen molar-refractivity contribution < 1.29 is 24.2 Å². The third kappa shape index (κ3) is 3.05. The molecule has 0 spiro atoms. The highest BCUT2D eigenvalue weighted by Gasteiger charge is 2.26. The maximum atomic E-state index is 11.6. The molecule has 7 nitrogen and oxygen atoms in total. The highest BCUT2D eigenvalue weighted by Crippen LogP contribution is 2.30. The minimum absolute atomic E-state index is 0.216. The summed E-state index contributed by atoms with van der Waals surface area (Å²) in [4.78, 5) is 23.0. The second kappa shape index (κ2) is 5.80. The number of benzene rings is 1. The molecular weight excluding hydrogens is 276 g/mol. The molecule has 3 N–H and O–H groups in total. The Morgan fingerprint density at radius 1 is 1.14 bits per heavy atom. The number of carbonyl (C=O) groups is 2. The topological polar surface area (TPSA) is 96.9 Å². The summed E-state index contributed by atoms with van der Waals surface area (Å²) in [7, 11) is 0. The zero-order valence-corrected chi connectivity index (χ0v) is 11.3. The molecule has 2 aliphatic heterocycles. The van der Waals surface area contributed by atoms with E-state index in [4.69, 9.17) is 9.47 Å². The van der Waals surface area contributed by atoms with E-state index in [1.54, 1.807) is 18.2 Å². The van der Waals surface area contributed by atoms with Crippen molar-refractivity contribution in [3.05, 3.63) is 23.8 Å². The molecule has 2 amide bonds. The van der Waals surface area contributed by atoms with E-state index >= 15 is 0 Å². The lowest BCUT2D eigenvalue weighted by molar-refractivity contribution is -0.133. The van der Waals surface area contributed by atoms with Gasteiger partial charge in [-0.25, -0.2) is 0 Å². The summed E-state index contributed by atoms with van der Waals surface area (Å²) in [5, 5.41) is 15.6. The first-order chi connectivity index (χ1) is 10.1. The molecule has 2 unspecified atom stereocenters. The second-order valence-corrected chi connectivity index (χ2v) is 5.01. The largest absolute Gasteiger partial charge is 0.386 e. The van der Waals surface area contributed by atoms with Gasteiger partial charge in [-0.3, -0.25) is 9.59 Å². The predicted octanol–water partition coefficient (Wildman–Crippen LogP) is 0.416. The highest BCUT2D eigenvalue weighted by atomic mass is 16.6. The Hall–Kier alpha value is -1.96. The van der Waals surface area contributed by atoms with Crippen molar-refractivity contribution in [2.45, 2.75) is 18.6 Å². The average molecular weight is 292 g/mol. The first kappa shape index (κ1) is 14.0. The van der Waals surface area contributed by atoms with Crippen LogP contribution in [0.5, 0.6) is 0 Å². The van der Waals surface area contributed by atoms with Gasteiger partial charge in [0, 0.05) is 0 Å². The van der Waals surface area contributed by atoms with Crippen LogP contribution in [-0.4, -0.2) is 42.8 Å². The Kier molecular flexibility index (Phi) is 3.87. The van der Waals surface area contributed by atoms with E-state index in [0.717, 1.165) is 0 Å². The zero-order chi connectivity index (χ0) is 14.8. The summed E-state index contributed by atoms with van der Waals surface area (Å²) >= 11 is 0. The second-order valence-electron chi connectivity index (χ2n) is 5.01. The smallest absolute Gasteiger partial charge is 0.233 e. The summed E-state index contributed by atoms with van der Waals surface area (Å²) in [5.41, 5.74) is 1.59. The van der Waals surface area contributed by atoms with Gasteiger partial charge in [0.1, 0.15) is 18.6 Å². The molecule has 1 fully saturated rings. The molecular formula is C14H16N2O5. The van der Waals surface area contributed by atoms with Crippen LogP contribution in [0, 0.1) is 0 Å². The summed E-state index contributed by atoms with van der Waals surface area (Å²) in [6.07, 6.45) is -1.51. The van der Waals surface area contributed by atoms with Crippen LogP contribution in [0.15, 0.2) is 18.2 Å². The fourth-order valence-corrected chi connectivity index (χ4v) is 2.40. The van der Waals surface area contributed by atoms with Gasteiger partial charge >= 0.3 is 0 Å². The van der Waals surface area contributed by atoms with Gasteiger partial charge < -0.3 is 25.2 Å². The van der Waals surface area contributed by atoms with Gasteiger partial charge in [-0.05, 0) is 17.7 Å². The molecule has 0 aromatic heterocycles. The van der Waals surface area contributed by atoms with E-state index in [0.29, 0.717) is 36.8 Å². The number of aliphatic hydroxyl groups is 1. The van der Waals surface area contributed by atoms with E-state index in [-0.39, 0.29) is 18.2 Å². The van der Waals surface area contributed by atoms with Gasteiger partial charge in [-0.15, -0.1) is 0 Å². The van der Waals surface area contributed by atoms with E-state index in [1.165, 1.54) is 0 Å². The number of nitrogens with one attached hydrogen (secondary N) is 2. The lowest BCUT2D eigenvalue weighted by Crippen LogP contribution is -2.33. The lowest BCUT2D eigenvalue weighted by Gasteiger charge is -2.27. The maximum Gasteiger partial charge on any atom is 0.233 e. The molecule has 1 saturated heterocycles. The van der Waals surface area contributed by atoms with Crippen molar-refractivity contribution in [2.75, 3.05) is 30.5 Å². The van der Waals surface area contributed by atoms with Gasteiger partial charge in [0.2, 0.25) is 11.8 Å². The number of fused-ring (bicyclic) bond motifs is 1. The van der Waals surface area contributed by atoms with Gasteiger partial charge in [0.05, 0.1) is 31.2 Å². The van der Waals surface area contributed by atoms with Crippen LogP contribution in [0.1, 0.15) is 18.1 Å². The van der Waals surface area contributed by atoms with E-state index in [2.05, 4.69) is 10.6 Å². The number of amides is 2. The minimum Gasteiger partial charge on any atom is -0.386 e. The van der Waals surface area contributed by atoms with E-state index in [1.807, 2.05) is 0 Å².